The first-order chi connectivity index (χ1) is 9.90. The fourth-order valence-electron chi connectivity index (χ4n) is 3.42. The molecule has 0 saturated heterocycles. The van der Waals surface area contributed by atoms with Crippen LogP contribution in [-0.2, 0) is 13.0 Å². The topological polar surface area (TPSA) is 24.9 Å². The summed E-state index contributed by atoms with van der Waals surface area (Å²) in [4.78, 5) is 4.91. The Bertz CT molecular complexity index is 611. The van der Waals surface area contributed by atoms with Crippen LogP contribution in [0.4, 0.5) is 0 Å². The number of hydrogen-bond acceptors (Lipinski definition) is 3. The average molecular weight is 284 g/mol. The Morgan fingerprint density at radius 2 is 2.05 bits per heavy atom. The number of thiazole rings is 1. The molecule has 0 unspecified atom stereocenters. The highest BCUT2D eigenvalue weighted by molar-refractivity contribution is 7.10. The standard InChI is InChI=1S/C17H20N2S/c1-2-4-12(3-1)17-19-16(11-20-17)14-5-6-15-10-18-8-7-13(15)9-14/h5-6,9,11-12,18H,1-4,7-8,10H2. The summed E-state index contributed by atoms with van der Waals surface area (Å²) >= 11 is 1.86. The van der Waals surface area contributed by atoms with E-state index in [1.807, 2.05) is 11.3 Å². The Hall–Kier alpha value is -1.19. The molecule has 4 rings (SSSR count). The summed E-state index contributed by atoms with van der Waals surface area (Å²) in [6.45, 7) is 2.11. The summed E-state index contributed by atoms with van der Waals surface area (Å²) in [5.41, 5.74) is 5.42. The zero-order valence-electron chi connectivity index (χ0n) is 11.7. The van der Waals surface area contributed by atoms with Gasteiger partial charge >= 0.3 is 0 Å². The fraction of sp³-hybridized carbons (Fsp3) is 0.471. The predicted octanol–water partition coefficient (Wildman–Crippen LogP) is 4.11. The van der Waals surface area contributed by atoms with Crippen molar-refractivity contribution in [2.24, 2.45) is 0 Å². The second-order valence-corrected chi connectivity index (χ2v) is 6.85. The molecule has 1 aromatic carbocycles. The first kappa shape index (κ1) is 12.5. The van der Waals surface area contributed by atoms with Gasteiger partial charge in [0, 0.05) is 23.4 Å². The molecule has 104 valence electrons. The third-order valence-corrected chi connectivity index (χ3v) is 5.62. The molecule has 1 aromatic heterocycles. The zero-order valence-corrected chi connectivity index (χ0v) is 12.5. The third kappa shape index (κ3) is 2.29. The monoisotopic (exact) mass is 284 g/mol. The lowest BCUT2D eigenvalue weighted by atomic mass is 9.97. The molecule has 3 heteroatoms. The van der Waals surface area contributed by atoms with E-state index < -0.39 is 0 Å². The molecule has 0 amide bonds. The molecule has 0 atom stereocenters. The lowest BCUT2D eigenvalue weighted by molar-refractivity contribution is 0.644. The maximum atomic E-state index is 4.91. The Morgan fingerprint density at radius 3 is 2.95 bits per heavy atom. The Labute approximate surface area is 124 Å². The number of nitrogens with zero attached hydrogens (tertiary/aromatic N) is 1. The summed E-state index contributed by atoms with van der Waals surface area (Å²) in [6, 6.07) is 6.86. The van der Waals surface area contributed by atoms with E-state index in [0.29, 0.717) is 0 Å². The molecule has 0 radical (unpaired) electrons. The van der Waals surface area contributed by atoms with Gasteiger partial charge in [-0.05, 0) is 43.0 Å². The maximum Gasteiger partial charge on any atom is 0.0963 e. The minimum absolute atomic E-state index is 0.732. The van der Waals surface area contributed by atoms with Crippen molar-refractivity contribution in [1.29, 1.82) is 0 Å². The summed E-state index contributed by atoms with van der Waals surface area (Å²) in [5.74, 6) is 0.732. The highest BCUT2D eigenvalue weighted by Crippen LogP contribution is 2.37. The second-order valence-electron chi connectivity index (χ2n) is 5.96. The third-order valence-electron chi connectivity index (χ3n) is 4.61. The highest BCUT2D eigenvalue weighted by Gasteiger charge is 2.20. The van der Waals surface area contributed by atoms with E-state index in [1.54, 1.807) is 0 Å². The van der Waals surface area contributed by atoms with Crippen LogP contribution in [0.5, 0.6) is 0 Å². The van der Waals surface area contributed by atoms with Crippen molar-refractivity contribution in [3.05, 3.63) is 39.7 Å². The molecule has 2 nitrogen and oxygen atoms in total. The maximum absolute atomic E-state index is 4.91. The molecule has 0 spiro atoms. The first-order valence-corrected chi connectivity index (χ1v) is 8.56. The van der Waals surface area contributed by atoms with E-state index >= 15 is 0 Å². The van der Waals surface area contributed by atoms with Gasteiger partial charge < -0.3 is 5.32 Å². The van der Waals surface area contributed by atoms with Crippen LogP contribution < -0.4 is 5.32 Å². The average Bonchev–Trinajstić information content (AvgIpc) is 3.17. The first-order valence-electron chi connectivity index (χ1n) is 7.68. The Morgan fingerprint density at radius 1 is 1.15 bits per heavy atom. The van der Waals surface area contributed by atoms with Crippen molar-refractivity contribution in [3.63, 3.8) is 0 Å². The van der Waals surface area contributed by atoms with Crippen molar-refractivity contribution in [2.75, 3.05) is 6.54 Å². The molecular weight excluding hydrogens is 264 g/mol. The largest absolute Gasteiger partial charge is 0.312 e. The molecule has 2 heterocycles. The van der Waals surface area contributed by atoms with Crippen LogP contribution >= 0.6 is 11.3 Å². The smallest absolute Gasteiger partial charge is 0.0963 e. The lowest BCUT2D eigenvalue weighted by Gasteiger charge is -2.17. The van der Waals surface area contributed by atoms with Gasteiger partial charge in [-0.1, -0.05) is 25.0 Å². The van der Waals surface area contributed by atoms with Crippen LogP contribution in [-0.4, -0.2) is 11.5 Å². The number of benzene rings is 1. The Balaban J connectivity index is 1.63. The van der Waals surface area contributed by atoms with Crippen LogP contribution in [0.2, 0.25) is 0 Å². The minimum atomic E-state index is 0.732. The summed E-state index contributed by atoms with van der Waals surface area (Å²) in [5, 5.41) is 7.03. The number of fused-ring (bicyclic) bond motifs is 1. The number of nitrogens with one attached hydrogen (secondary N) is 1. The van der Waals surface area contributed by atoms with Crippen molar-refractivity contribution in [3.8, 4) is 11.3 Å². The van der Waals surface area contributed by atoms with Crippen LogP contribution in [0.15, 0.2) is 23.6 Å². The van der Waals surface area contributed by atoms with Crippen LogP contribution in [0.1, 0.15) is 47.7 Å². The predicted molar refractivity (Wildman–Crippen MR) is 84.2 cm³/mol. The van der Waals surface area contributed by atoms with Crippen molar-refractivity contribution in [1.82, 2.24) is 10.3 Å². The van der Waals surface area contributed by atoms with Gasteiger partial charge in [-0.2, -0.15) is 0 Å². The van der Waals surface area contributed by atoms with Gasteiger partial charge in [-0.3, -0.25) is 0 Å². The van der Waals surface area contributed by atoms with Gasteiger partial charge in [0.15, 0.2) is 0 Å². The van der Waals surface area contributed by atoms with Crippen LogP contribution in [0.25, 0.3) is 11.3 Å². The van der Waals surface area contributed by atoms with Gasteiger partial charge in [-0.25, -0.2) is 4.98 Å². The second kappa shape index (κ2) is 5.30. The van der Waals surface area contributed by atoms with E-state index in [0.717, 1.165) is 25.4 Å². The Kier molecular flexibility index (Phi) is 3.32. The summed E-state index contributed by atoms with van der Waals surface area (Å²) < 4.78 is 0. The fourth-order valence-corrected chi connectivity index (χ4v) is 4.42. The summed E-state index contributed by atoms with van der Waals surface area (Å²) in [7, 11) is 0. The van der Waals surface area contributed by atoms with Gasteiger partial charge in [0.05, 0.1) is 10.7 Å². The number of hydrogen-bond donors (Lipinski definition) is 1. The van der Waals surface area contributed by atoms with Crippen molar-refractivity contribution in [2.45, 2.75) is 44.6 Å². The molecule has 2 aliphatic rings. The van der Waals surface area contributed by atoms with Crippen molar-refractivity contribution < 1.29 is 0 Å². The molecule has 2 aromatic rings. The van der Waals surface area contributed by atoms with E-state index in [-0.39, 0.29) is 0 Å². The molecule has 1 N–H and O–H groups in total. The van der Waals surface area contributed by atoms with E-state index in [4.69, 9.17) is 4.98 Å². The van der Waals surface area contributed by atoms with E-state index in [9.17, 15) is 0 Å². The van der Waals surface area contributed by atoms with Gasteiger partial charge in [0.2, 0.25) is 0 Å². The van der Waals surface area contributed by atoms with E-state index in [1.165, 1.54) is 53.1 Å². The van der Waals surface area contributed by atoms with Crippen molar-refractivity contribution >= 4 is 11.3 Å². The van der Waals surface area contributed by atoms with Crippen LogP contribution in [0.3, 0.4) is 0 Å². The highest BCUT2D eigenvalue weighted by atomic mass is 32.1. The van der Waals surface area contributed by atoms with Gasteiger partial charge in [-0.15, -0.1) is 11.3 Å². The molecule has 1 aliphatic heterocycles. The van der Waals surface area contributed by atoms with E-state index in [2.05, 4.69) is 28.9 Å². The normalized spacial score (nSPS) is 19.2. The van der Waals surface area contributed by atoms with Gasteiger partial charge in [0.1, 0.15) is 0 Å². The van der Waals surface area contributed by atoms with Crippen LogP contribution in [0, 0.1) is 0 Å². The molecular formula is C17H20N2S. The summed E-state index contributed by atoms with van der Waals surface area (Å²) in [6.07, 6.45) is 6.57. The quantitative estimate of drug-likeness (QED) is 0.897. The molecule has 0 bridgehead atoms. The molecule has 20 heavy (non-hydrogen) atoms. The number of rotatable bonds is 2. The zero-order chi connectivity index (χ0) is 13.4. The molecule has 1 saturated carbocycles. The molecule has 1 aliphatic carbocycles. The number of aromatic nitrogens is 1. The SMILES string of the molecule is c1cc2c(cc1-c1csc(C3CCCC3)n1)CCNC2. The van der Waals surface area contributed by atoms with Gasteiger partial charge in [0.25, 0.3) is 0 Å². The lowest BCUT2D eigenvalue weighted by Crippen LogP contribution is -2.23. The molecule has 1 fully saturated rings. The minimum Gasteiger partial charge on any atom is -0.312 e.